The minimum absolute atomic E-state index is 0.221. The molecule has 3 aromatic carbocycles. The maximum Gasteiger partial charge on any atom is 0.257 e. The zero-order valence-corrected chi connectivity index (χ0v) is 24.1. The number of amides is 2. The van der Waals surface area contributed by atoms with Gasteiger partial charge in [-0.25, -0.2) is 0 Å². The molecule has 0 saturated carbocycles. The Bertz CT molecular complexity index is 1740. The number of fused-ring (bicyclic) bond motifs is 1. The maximum absolute atomic E-state index is 13.4. The summed E-state index contributed by atoms with van der Waals surface area (Å²) in [6.45, 7) is 5.97. The van der Waals surface area contributed by atoms with Gasteiger partial charge in [0.25, 0.3) is 11.8 Å². The molecule has 3 N–H and O–H groups in total. The van der Waals surface area contributed by atoms with Gasteiger partial charge >= 0.3 is 0 Å². The van der Waals surface area contributed by atoms with E-state index in [1.54, 1.807) is 60.9 Å². The van der Waals surface area contributed by atoms with Crippen LogP contribution in [0.25, 0.3) is 5.57 Å². The summed E-state index contributed by atoms with van der Waals surface area (Å²) in [4.78, 5) is 47.6. The van der Waals surface area contributed by atoms with Crippen molar-refractivity contribution in [2.45, 2.75) is 6.92 Å². The monoisotopic (exact) mass is 572 g/mol. The molecule has 0 spiro atoms. The summed E-state index contributed by atoms with van der Waals surface area (Å²) in [5.74, 6) is -0.766. The summed E-state index contributed by atoms with van der Waals surface area (Å²) in [5.41, 5.74) is 6.51. The number of hydrogen-bond acceptors (Lipinski definition) is 7. The molecule has 6 rings (SSSR count). The highest BCUT2D eigenvalue weighted by Gasteiger charge is 2.25. The van der Waals surface area contributed by atoms with Crippen LogP contribution in [0.4, 0.5) is 22.7 Å². The van der Waals surface area contributed by atoms with Crippen molar-refractivity contribution in [1.29, 1.82) is 0 Å². The van der Waals surface area contributed by atoms with Crippen molar-refractivity contribution in [2.75, 3.05) is 54.1 Å². The Hall–Kier alpha value is -5.28. The van der Waals surface area contributed by atoms with Gasteiger partial charge < -0.3 is 25.8 Å². The highest BCUT2D eigenvalue weighted by atomic mass is 16.2. The molecule has 43 heavy (non-hydrogen) atoms. The fraction of sp³-hybridized carbons (Fsp3) is 0.176. The van der Waals surface area contributed by atoms with Crippen LogP contribution in [0.5, 0.6) is 0 Å². The van der Waals surface area contributed by atoms with Crippen molar-refractivity contribution in [2.24, 2.45) is 0 Å². The largest absolute Gasteiger partial charge is 0.369 e. The van der Waals surface area contributed by atoms with Crippen LogP contribution in [0.3, 0.4) is 0 Å². The predicted molar refractivity (Wildman–Crippen MR) is 170 cm³/mol. The number of carbonyl (C=O) groups is 3. The molecule has 2 aliphatic rings. The molecular weight excluding hydrogens is 540 g/mol. The van der Waals surface area contributed by atoms with Gasteiger partial charge in [-0.2, -0.15) is 0 Å². The van der Waals surface area contributed by atoms with Crippen molar-refractivity contribution in [3.8, 4) is 0 Å². The van der Waals surface area contributed by atoms with Gasteiger partial charge in [-0.3, -0.25) is 19.4 Å². The topological polar surface area (TPSA) is 107 Å². The summed E-state index contributed by atoms with van der Waals surface area (Å²) in [5, 5.41) is 8.94. The van der Waals surface area contributed by atoms with Gasteiger partial charge in [0.2, 0.25) is 0 Å². The molecule has 2 amide bonds. The van der Waals surface area contributed by atoms with Gasteiger partial charge in [-0.05, 0) is 68.1 Å². The van der Waals surface area contributed by atoms with Crippen LogP contribution in [0.2, 0.25) is 0 Å². The first-order valence-electron chi connectivity index (χ1n) is 14.2. The number of carbonyl (C=O) groups excluding carboxylic acids is 3. The van der Waals surface area contributed by atoms with E-state index < -0.39 is 0 Å². The highest BCUT2D eigenvalue weighted by Crippen LogP contribution is 2.33. The third kappa shape index (κ3) is 6.17. The molecule has 0 aliphatic carbocycles. The zero-order valence-electron chi connectivity index (χ0n) is 24.1. The second-order valence-electron chi connectivity index (χ2n) is 10.9. The number of pyridine rings is 1. The molecule has 2 aliphatic heterocycles. The average Bonchev–Trinajstić information content (AvgIpc) is 3.34. The summed E-state index contributed by atoms with van der Waals surface area (Å²) in [6.07, 6.45) is 4.88. The van der Waals surface area contributed by atoms with Crippen LogP contribution in [-0.2, 0) is 4.79 Å². The molecule has 9 nitrogen and oxygen atoms in total. The molecule has 4 aromatic rings. The van der Waals surface area contributed by atoms with E-state index in [2.05, 4.69) is 49.9 Å². The molecular formula is C34H32N6O3. The van der Waals surface area contributed by atoms with Gasteiger partial charge in [0.05, 0.1) is 11.1 Å². The van der Waals surface area contributed by atoms with E-state index in [9.17, 15) is 14.4 Å². The van der Waals surface area contributed by atoms with Crippen LogP contribution in [0.15, 0.2) is 91.4 Å². The number of nitrogens with zero attached hydrogens (tertiary/aromatic N) is 3. The minimum Gasteiger partial charge on any atom is -0.369 e. The molecule has 0 atom stereocenters. The molecule has 0 radical (unpaired) electrons. The standard InChI is InChI=1S/C34H32N6O3/c1-22-16-25(20-35-19-22)33(42)37-27-5-3-4-23(17-27)32(41)24-6-11-29-30(34(43)38-31(29)18-24)21-36-26-7-9-28(10-8-26)40-14-12-39(2)13-15-40/h3-11,16-21,36H,12-15H2,1-2H3,(H,37,42)(H,38,43)/b30-21+. The fourth-order valence-corrected chi connectivity index (χ4v) is 5.25. The number of likely N-dealkylation sites (N-methyl/N-ethyl adjacent to an activating group) is 1. The van der Waals surface area contributed by atoms with E-state index in [0.29, 0.717) is 33.6 Å². The normalized spacial score (nSPS) is 15.6. The van der Waals surface area contributed by atoms with Crippen molar-refractivity contribution in [3.05, 3.63) is 119 Å². The van der Waals surface area contributed by atoms with Gasteiger partial charge in [0, 0.05) is 84.2 Å². The number of nitrogens with one attached hydrogen (secondary N) is 3. The lowest BCUT2D eigenvalue weighted by Gasteiger charge is -2.34. The van der Waals surface area contributed by atoms with Gasteiger partial charge in [0.15, 0.2) is 5.78 Å². The lowest BCUT2D eigenvalue weighted by Crippen LogP contribution is -2.44. The SMILES string of the molecule is Cc1cncc(C(=O)Nc2cccc(C(=O)c3ccc4c(c3)NC(=O)/C4=C/Nc3ccc(N4CCN(C)CC4)cc3)c2)c1. The van der Waals surface area contributed by atoms with Crippen LogP contribution in [0.1, 0.15) is 37.4 Å². The second kappa shape index (κ2) is 11.9. The lowest BCUT2D eigenvalue weighted by atomic mass is 9.99. The third-order valence-electron chi connectivity index (χ3n) is 7.70. The van der Waals surface area contributed by atoms with E-state index in [4.69, 9.17) is 0 Å². The second-order valence-corrected chi connectivity index (χ2v) is 10.9. The van der Waals surface area contributed by atoms with Gasteiger partial charge in [-0.1, -0.05) is 24.3 Å². The molecule has 0 unspecified atom stereocenters. The summed E-state index contributed by atoms with van der Waals surface area (Å²) < 4.78 is 0. The Morgan fingerprint density at radius 3 is 2.40 bits per heavy atom. The van der Waals surface area contributed by atoms with Crippen molar-refractivity contribution in [1.82, 2.24) is 9.88 Å². The molecule has 9 heteroatoms. The quantitative estimate of drug-likeness (QED) is 0.211. The minimum atomic E-state index is -0.306. The number of piperazine rings is 1. The molecule has 1 fully saturated rings. The third-order valence-corrected chi connectivity index (χ3v) is 7.70. The van der Waals surface area contributed by atoms with Crippen LogP contribution in [-0.4, -0.2) is 60.7 Å². The summed E-state index contributed by atoms with van der Waals surface area (Å²) in [6, 6.07) is 21.9. The summed E-state index contributed by atoms with van der Waals surface area (Å²) >= 11 is 0. The number of aryl methyl sites for hydroxylation is 1. The summed E-state index contributed by atoms with van der Waals surface area (Å²) in [7, 11) is 2.14. The molecule has 1 saturated heterocycles. The van der Waals surface area contributed by atoms with E-state index in [0.717, 1.165) is 43.0 Å². The van der Waals surface area contributed by atoms with Crippen LogP contribution >= 0.6 is 0 Å². The number of aromatic nitrogens is 1. The number of anilines is 4. The number of hydrogen-bond donors (Lipinski definition) is 3. The molecule has 1 aromatic heterocycles. The van der Waals surface area contributed by atoms with Crippen LogP contribution in [0, 0.1) is 6.92 Å². The fourth-order valence-electron chi connectivity index (χ4n) is 5.25. The van der Waals surface area contributed by atoms with E-state index >= 15 is 0 Å². The Labute approximate surface area is 250 Å². The van der Waals surface area contributed by atoms with Crippen molar-refractivity contribution < 1.29 is 14.4 Å². The smallest absolute Gasteiger partial charge is 0.257 e. The van der Waals surface area contributed by atoms with E-state index in [-0.39, 0.29) is 17.6 Å². The van der Waals surface area contributed by atoms with Crippen molar-refractivity contribution in [3.63, 3.8) is 0 Å². The molecule has 0 bridgehead atoms. The molecule has 216 valence electrons. The van der Waals surface area contributed by atoms with E-state index in [1.165, 1.54) is 11.9 Å². The number of ketones is 1. The van der Waals surface area contributed by atoms with E-state index in [1.807, 2.05) is 19.1 Å². The Kier molecular flexibility index (Phi) is 7.72. The Morgan fingerprint density at radius 2 is 1.63 bits per heavy atom. The lowest BCUT2D eigenvalue weighted by molar-refractivity contribution is -0.110. The molecule has 3 heterocycles. The first kappa shape index (κ1) is 27.9. The van der Waals surface area contributed by atoms with Crippen LogP contribution < -0.4 is 20.9 Å². The highest BCUT2D eigenvalue weighted by molar-refractivity contribution is 6.32. The number of benzene rings is 3. The Balaban J connectivity index is 1.14. The Morgan fingerprint density at radius 1 is 0.860 bits per heavy atom. The maximum atomic E-state index is 13.4. The average molecular weight is 573 g/mol. The first-order valence-corrected chi connectivity index (χ1v) is 14.2. The van der Waals surface area contributed by atoms with Gasteiger partial charge in [0.1, 0.15) is 0 Å². The zero-order chi connectivity index (χ0) is 29.9. The van der Waals surface area contributed by atoms with Crippen molar-refractivity contribution >= 4 is 45.9 Å². The predicted octanol–water partition coefficient (Wildman–Crippen LogP) is 5.03. The first-order chi connectivity index (χ1) is 20.8. The number of rotatable bonds is 7. The van der Waals surface area contributed by atoms with Gasteiger partial charge in [-0.15, -0.1) is 0 Å².